The number of rotatable bonds is 3. The van der Waals surface area contributed by atoms with Crippen LogP contribution in [0.15, 0.2) is 24.3 Å². The molecule has 0 atom stereocenters. The van der Waals surface area contributed by atoms with Crippen LogP contribution in [0.4, 0.5) is 0 Å². The summed E-state index contributed by atoms with van der Waals surface area (Å²) in [5.74, 6) is 0.289. The molecular weight excluding hydrogens is 216 g/mol. The fraction of sp³-hybridized carbons (Fsp3) is 0.500. The number of carbonyl (C=O) groups is 1. The molecule has 0 radical (unpaired) electrons. The van der Waals surface area contributed by atoms with Gasteiger partial charge in [-0.15, -0.1) is 0 Å². The summed E-state index contributed by atoms with van der Waals surface area (Å²) < 4.78 is 10.1. The minimum Gasteiger partial charge on any atom is -0.468 e. The highest BCUT2D eigenvalue weighted by Crippen LogP contribution is 2.34. The zero-order valence-electron chi connectivity index (χ0n) is 10.5. The van der Waals surface area contributed by atoms with E-state index in [9.17, 15) is 4.79 Å². The lowest BCUT2D eigenvalue weighted by Gasteiger charge is -2.38. The van der Waals surface area contributed by atoms with Gasteiger partial charge in [0.2, 0.25) is 0 Å². The van der Waals surface area contributed by atoms with E-state index in [1.807, 2.05) is 12.1 Å². The Hall–Kier alpha value is -1.35. The van der Waals surface area contributed by atoms with Gasteiger partial charge < -0.3 is 9.47 Å². The van der Waals surface area contributed by atoms with Crippen LogP contribution in [-0.2, 0) is 19.7 Å². The monoisotopic (exact) mass is 234 g/mol. The molecule has 3 nitrogen and oxygen atoms in total. The fourth-order valence-electron chi connectivity index (χ4n) is 2.09. The van der Waals surface area contributed by atoms with Crippen molar-refractivity contribution in [2.45, 2.75) is 25.2 Å². The largest absolute Gasteiger partial charge is 0.468 e. The van der Waals surface area contributed by atoms with Crippen molar-refractivity contribution < 1.29 is 14.3 Å². The predicted molar refractivity (Wildman–Crippen MR) is 65.0 cm³/mol. The third-order valence-electron chi connectivity index (χ3n) is 3.40. The topological polar surface area (TPSA) is 35.5 Å². The molecule has 1 saturated heterocycles. The van der Waals surface area contributed by atoms with Gasteiger partial charge in [0.05, 0.1) is 20.3 Å². The summed E-state index contributed by atoms with van der Waals surface area (Å²) in [7, 11) is 1.42. The highest BCUT2D eigenvalue weighted by molar-refractivity contribution is 5.84. The van der Waals surface area contributed by atoms with Gasteiger partial charge in [-0.05, 0) is 17.0 Å². The van der Waals surface area contributed by atoms with Crippen molar-refractivity contribution >= 4 is 5.97 Å². The quantitative estimate of drug-likeness (QED) is 0.752. The summed E-state index contributed by atoms with van der Waals surface area (Å²) in [6, 6.07) is 8.16. The number of esters is 1. The van der Waals surface area contributed by atoms with Gasteiger partial charge >= 0.3 is 5.97 Å². The first-order valence-corrected chi connectivity index (χ1v) is 5.87. The highest BCUT2D eigenvalue weighted by atomic mass is 16.5. The van der Waals surface area contributed by atoms with Crippen molar-refractivity contribution in [3.05, 3.63) is 35.4 Å². The minimum absolute atomic E-state index is 0.207. The van der Waals surface area contributed by atoms with E-state index in [2.05, 4.69) is 26.0 Å². The lowest BCUT2D eigenvalue weighted by molar-refractivity contribution is -0.166. The minimum atomic E-state index is -0.579. The molecule has 1 fully saturated rings. The van der Waals surface area contributed by atoms with Gasteiger partial charge in [0.15, 0.2) is 0 Å². The summed E-state index contributed by atoms with van der Waals surface area (Å²) in [5.41, 5.74) is 1.68. The number of ether oxygens (including phenoxy) is 2. The summed E-state index contributed by atoms with van der Waals surface area (Å²) in [4.78, 5) is 11.8. The van der Waals surface area contributed by atoms with Gasteiger partial charge in [0, 0.05) is 0 Å². The summed E-state index contributed by atoms with van der Waals surface area (Å²) >= 11 is 0. The lowest BCUT2D eigenvalue weighted by atomic mass is 9.78. The van der Waals surface area contributed by atoms with Crippen LogP contribution in [0.1, 0.15) is 30.9 Å². The zero-order valence-corrected chi connectivity index (χ0v) is 10.5. The number of hydrogen-bond acceptors (Lipinski definition) is 3. The van der Waals surface area contributed by atoms with Crippen LogP contribution >= 0.6 is 0 Å². The molecule has 1 heterocycles. The van der Waals surface area contributed by atoms with E-state index in [4.69, 9.17) is 9.47 Å². The molecule has 0 N–H and O–H groups in total. The maximum atomic E-state index is 11.8. The summed E-state index contributed by atoms with van der Waals surface area (Å²) in [5, 5.41) is 0. The van der Waals surface area contributed by atoms with Gasteiger partial charge in [-0.3, -0.25) is 4.79 Å². The first kappa shape index (κ1) is 12.1. The van der Waals surface area contributed by atoms with Crippen molar-refractivity contribution in [2.24, 2.45) is 0 Å². The van der Waals surface area contributed by atoms with Gasteiger partial charge in [0.1, 0.15) is 5.41 Å². The van der Waals surface area contributed by atoms with Crippen LogP contribution in [0.3, 0.4) is 0 Å². The Kier molecular flexibility index (Phi) is 3.20. The Balaban J connectivity index is 2.29. The van der Waals surface area contributed by atoms with E-state index in [0.717, 1.165) is 5.56 Å². The first-order chi connectivity index (χ1) is 8.10. The van der Waals surface area contributed by atoms with Crippen LogP contribution in [0.5, 0.6) is 0 Å². The molecule has 0 amide bonds. The van der Waals surface area contributed by atoms with Crippen molar-refractivity contribution in [1.29, 1.82) is 0 Å². The Morgan fingerprint density at radius 1 is 1.29 bits per heavy atom. The van der Waals surface area contributed by atoms with E-state index in [1.54, 1.807) is 0 Å². The van der Waals surface area contributed by atoms with E-state index in [-0.39, 0.29) is 5.97 Å². The average Bonchev–Trinajstić information content (AvgIpc) is 2.28. The van der Waals surface area contributed by atoms with Crippen LogP contribution in [0, 0.1) is 0 Å². The Bertz CT molecular complexity index is 402. The van der Waals surface area contributed by atoms with E-state index < -0.39 is 5.41 Å². The second-order valence-electron chi connectivity index (χ2n) is 4.84. The molecule has 1 aromatic carbocycles. The average molecular weight is 234 g/mol. The van der Waals surface area contributed by atoms with Crippen LogP contribution < -0.4 is 0 Å². The SMILES string of the molecule is COC(=O)C1(c2ccc(C(C)C)cc2)COC1. The lowest BCUT2D eigenvalue weighted by Crippen LogP contribution is -2.53. The van der Waals surface area contributed by atoms with E-state index in [1.165, 1.54) is 12.7 Å². The van der Waals surface area contributed by atoms with Crippen molar-refractivity contribution in [1.82, 2.24) is 0 Å². The molecule has 1 aliphatic heterocycles. The molecule has 0 bridgehead atoms. The molecule has 17 heavy (non-hydrogen) atoms. The number of carbonyl (C=O) groups excluding carboxylic acids is 1. The fourth-order valence-corrected chi connectivity index (χ4v) is 2.09. The molecular formula is C14H18O3. The van der Waals surface area contributed by atoms with Gasteiger partial charge in [0.25, 0.3) is 0 Å². The zero-order chi connectivity index (χ0) is 12.5. The Labute approximate surface area is 102 Å². The van der Waals surface area contributed by atoms with Gasteiger partial charge in [-0.2, -0.15) is 0 Å². The molecule has 0 aromatic heterocycles. The third-order valence-corrected chi connectivity index (χ3v) is 3.40. The maximum Gasteiger partial charge on any atom is 0.321 e. The third kappa shape index (κ3) is 1.95. The van der Waals surface area contributed by atoms with Crippen LogP contribution in [0.25, 0.3) is 0 Å². The second-order valence-corrected chi connectivity index (χ2v) is 4.84. The molecule has 0 unspecified atom stereocenters. The van der Waals surface area contributed by atoms with Crippen molar-refractivity contribution in [3.8, 4) is 0 Å². The van der Waals surface area contributed by atoms with Crippen molar-refractivity contribution in [2.75, 3.05) is 20.3 Å². The molecule has 2 rings (SSSR count). The normalized spacial score (nSPS) is 17.6. The smallest absolute Gasteiger partial charge is 0.321 e. The molecule has 0 saturated carbocycles. The maximum absolute atomic E-state index is 11.8. The van der Waals surface area contributed by atoms with Gasteiger partial charge in [-0.25, -0.2) is 0 Å². The van der Waals surface area contributed by atoms with E-state index in [0.29, 0.717) is 19.1 Å². The first-order valence-electron chi connectivity index (χ1n) is 5.87. The van der Waals surface area contributed by atoms with Gasteiger partial charge in [-0.1, -0.05) is 38.1 Å². The molecule has 0 aliphatic carbocycles. The second kappa shape index (κ2) is 4.49. The molecule has 3 heteroatoms. The molecule has 92 valence electrons. The van der Waals surface area contributed by atoms with Crippen LogP contribution in [0.2, 0.25) is 0 Å². The molecule has 1 aromatic rings. The number of hydrogen-bond donors (Lipinski definition) is 0. The Morgan fingerprint density at radius 3 is 2.24 bits per heavy atom. The van der Waals surface area contributed by atoms with E-state index >= 15 is 0 Å². The molecule has 0 spiro atoms. The summed E-state index contributed by atoms with van der Waals surface area (Å²) in [6.07, 6.45) is 0. The molecule has 1 aliphatic rings. The highest BCUT2D eigenvalue weighted by Gasteiger charge is 2.48. The number of methoxy groups -OCH3 is 1. The standard InChI is InChI=1S/C14H18O3/c1-10(2)11-4-6-12(7-5-11)14(8-17-9-14)13(15)16-3/h4-7,10H,8-9H2,1-3H3. The van der Waals surface area contributed by atoms with Crippen molar-refractivity contribution in [3.63, 3.8) is 0 Å². The van der Waals surface area contributed by atoms with Crippen LogP contribution in [-0.4, -0.2) is 26.3 Å². The predicted octanol–water partition coefficient (Wildman–Crippen LogP) is 2.25. The summed E-state index contributed by atoms with van der Waals surface area (Å²) in [6.45, 7) is 5.14. The Morgan fingerprint density at radius 2 is 1.88 bits per heavy atom. The number of benzene rings is 1.